The first-order chi connectivity index (χ1) is 6.74. The number of nitrogens with one attached hydrogen (secondary N) is 1. The Labute approximate surface area is 96.0 Å². The lowest BCUT2D eigenvalue weighted by atomic mass is 10.1. The first-order valence-corrected chi connectivity index (χ1v) is 6.97. The third-order valence-corrected chi connectivity index (χ3v) is 4.19. The minimum atomic E-state index is -0.133. The Balaban J connectivity index is 2.30. The van der Waals surface area contributed by atoms with Crippen LogP contribution in [0.25, 0.3) is 0 Å². The summed E-state index contributed by atoms with van der Waals surface area (Å²) in [5.74, 6) is 2.52. The third-order valence-electron chi connectivity index (χ3n) is 2.49. The SMILES string of the molecule is CCC(S)C(=O)NC1CCCSCC1. The van der Waals surface area contributed by atoms with Gasteiger partial charge in [-0.3, -0.25) is 4.79 Å². The maximum absolute atomic E-state index is 11.6. The minimum Gasteiger partial charge on any atom is -0.352 e. The second kappa shape index (κ2) is 6.62. The van der Waals surface area contributed by atoms with Gasteiger partial charge in [-0.1, -0.05) is 6.92 Å². The fourth-order valence-electron chi connectivity index (χ4n) is 1.53. The standard InChI is InChI=1S/C10H19NOS2/c1-2-9(13)10(12)11-8-4-3-6-14-7-5-8/h8-9,13H,2-7H2,1H3,(H,11,12). The van der Waals surface area contributed by atoms with Gasteiger partial charge in [0.1, 0.15) is 0 Å². The summed E-state index contributed by atoms with van der Waals surface area (Å²) in [4.78, 5) is 11.6. The highest BCUT2D eigenvalue weighted by Crippen LogP contribution is 2.17. The molecule has 14 heavy (non-hydrogen) atoms. The molecule has 0 spiro atoms. The number of rotatable bonds is 3. The molecule has 1 N–H and O–H groups in total. The van der Waals surface area contributed by atoms with E-state index in [0.29, 0.717) is 6.04 Å². The summed E-state index contributed by atoms with van der Waals surface area (Å²) >= 11 is 6.22. The number of carbonyl (C=O) groups is 1. The van der Waals surface area contributed by atoms with Crippen LogP contribution in [0.1, 0.15) is 32.6 Å². The number of hydrogen-bond acceptors (Lipinski definition) is 3. The molecular weight excluding hydrogens is 214 g/mol. The number of amides is 1. The lowest BCUT2D eigenvalue weighted by Gasteiger charge is -2.18. The van der Waals surface area contributed by atoms with E-state index in [2.05, 4.69) is 17.9 Å². The van der Waals surface area contributed by atoms with Crippen LogP contribution in [0.3, 0.4) is 0 Å². The monoisotopic (exact) mass is 233 g/mol. The van der Waals surface area contributed by atoms with Gasteiger partial charge in [0.25, 0.3) is 0 Å². The van der Waals surface area contributed by atoms with Gasteiger partial charge in [0.2, 0.25) is 5.91 Å². The summed E-state index contributed by atoms with van der Waals surface area (Å²) in [6.07, 6.45) is 4.26. The molecule has 1 amide bonds. The first-order valence-electron chi connectivity index (χ1n) is 5.30. The van der Waals surface area contributed by atoms with E-state index >= 15 is 0 Å². The van der Waals surface area contributed by atoms with Gasteiger partial charge in [0.05, 0.1) is 5.25 Å². The van der Waals surface area contributed by atoms with Crippen molar-refractivity contribution >= 4 is 30.3 Å². The Morgan fingerprint density at radius 2 is 2.36 bits per heavy atom. The van der Waals surface area contributed by atoms with E-state index < -0.39 is 0 Å². The van der Waals surface area contributed by atoms with Crippen molar-refractivity contribution in [1.29, 1.82) is 0 Å². The molecule has 1 aliphatic heterocycles. The van der Waals surface area contributed by atoms with Gasteiger partial charge in [-0.2, -0.15) is 24.4 Å². The van der Waals surface area contributed by atoms with E-state index in [-0.39, 0.29) is 11.2 Å². The predicted octanol–water partition coefficient (Wildman–Crippen LogP) is 2.10. The van der Waals surface area contributed by atoms with Crippen LogP contribution in [-0.4, -0.2) is 28.7 Å². The van der Waals surface area contributed by atoms with Crippen LogP contribution in [-0.2, 0) is 4.79 Å². The van der Waals surface area contributed by atoms with Crippen LogP contribution < -0.4 is 5.32 Å². The van der Waals surface area contributed by atoms with E-state index in [1.807, 2.05) is 18.7 Å². The van der Waals surface area contributed by atoms with Gasteiger partial charge in [0, 0.05) is 6.04 Å². The highest BCUT2D eigenvalue weighted by molar-refractivity contribution is 7.99. The van der Waals surface area contributed by atoms with Crippen LogP contribution >= 0.6 is 24.4 Å². The molecule has 2 unspecified atom stereocenters. The van der Waals surface area contributed by atoms with Gasteiger partial charge < -0.3 is 5.32 Å². The number of hydrogen-bond donors (Lipinski definition) is 2. The van der Waals surface area contributed by atoms with Gasteiger partial charge in [-0.15, -0.1) is 0 Å². The second-order valence-electron chi connectivity index (χ2n) is 3.67. The molecule has 1 fully saturated rings. The fraction of sp³-hybridized carbons (Fsp3) is 0.900. The van der Waals surface area contributed by atoms with Gasteiger partial charge in [0.15, 0.2) is 0 Å². The summed E-state index contributed by atoms with van der Waals surface area (Å²) in [5, 5.41) is 2.95. The third kappa shape index (κ3) is 4.13. The van der Waals surface area contributed by atoms with Crippen LogP contribution in [0.15, 0.2) is 0 Å². The van der Waals surface area contributed by atoms with Crippen LogP contribution in [0.2, 0.25) is 0 Å². The Morgan fingerprint density at radius 1 is 1.57 bits per heavy atom. The van der Waals surface area contributed by atoms with Crippen LogP contribution in [0.4, 0.5) is 0 Å². The van der Waals surface area contributed by atoms with Crippen molar-refractivity contribution in [3.63, 3.8) is 0 Å². The second-order valence-corrected chi connectivity index (χ2v) is 5.52. The number of thiol groups is 1. The summed E-state index contributed by atoms with van der Waals surface area (Å²) < 4.78 is 0. The number of thioether (sulfide) groups is 1. The Kier molecular flexibility index (Phi) is 5.78. The molecule has 0 aliphatic carbocycles. The van der Waals surface area contributed by atoms with E-state index in [4.69, 9.17) is 0 Å². The van der Waals surface area contributed by atoms with E-state index in [1.165, 1.54) is 17.9 Å². The predicted molar refractivity (Wildman–Crippen MR) is 66.2 cm³/mol. The number of carbonyl (C=O) groups excluding carboxylic acids is 1. The Bertz CT molecular complexity index is 179. The molecule has 4 heteroatoms. The van der Waals surface area contributed by atoms with Crippen LogP contribution in [0, 0.1) is 0 Å². The average molecular weight is 233 g/mol. The van der Waals surface area contributed by atoms with Crippen molar-refractivity contribution in [2.24, 2.45) is 0 Å². The van der Waals surface area contributed by atoms with Crippen molar-refractivity contribution in [2.75, 3.05) is 11.5 Å². The molecule has 1 aliphatic rings. The normalized spacial score (nSPS) is 25.1. The fourth-order valence-corrected chi connectivity index (χ4v) is 2.63. The molecule has 1 heterocycles. The van der Waals surface area contributed by atoms with Crippen molar-refractivity contribution in [3.8, 4) is 0 Å². The zero-order valence-electron chi connectivity index (χ0n) is 8.66. The smallest absolute Gasteiger partial charge is 0.233 e. The van der Waals surface area contributed by atoms with Crippen molar-refractivity contribution in [2.45, 2.75) is 43.9 Å². The molecule has 2 nitrogen and oxygen atoms in total. The quantitative estimate of drug-likeness (QED) is 0.731. The van der Waals surface area contributed by atoms with E-state index in [9.17, 15) is 4.79 Å². The van der Waals surface area contributed by atoms with Crippen molar-refractivity contribution in [3.05, 3.63) is 0 Å². The molecule has 1 rings (SSSR count). The van der Waals surface area contributed by atoms with Gasteiger partial charge >= 0.3 is 0 Å². The average Bonchev–Trinajstić information content (AvgIpc) is 2.45. The molecule has 0 bridgehead atoms. The summed E-state index contributed by atoms with van der Waals surface area (Å²) in [6, 6.07) is 0.388. The van der Waals surface area contributed by atoms with Crippen LogP contribution in [0.5, 0.6) is 0 Å². The van der Waals surface area contributed by atoms with Crippen molar-refractivity contribution in [1.82, 2.24) is 5.32 Å². The summed E-state index contributed by atoms with van der Waals surface area (Å²) in [6.45, 7) is 1.99. The van der Waals surface area contributed by atoms with Gasteiger partial charge in [-0.05, 0) is 37.2 Å². The zero-order chi connectivity index (χ0) is 10.4. The maximum atomic E-state index is 11.6. The molecule has 2 atom stereocenters. The largest absolute Gasteiger partial charge is 0.352 e. The topological polar surface area (TPSA) is 29.1 Å². The summed E-state index contributed by atoms with van der Waals surface area (Å²) in [7, 11) is 0. The lowest BCUT2D eigenvalue weighted by Crippen LogP contribution is -2.39. The Morgan fingerprint density at radius 3 is 3.07 bits per heavy atom. The first kappa shape index (κ1) is 12.2. The van der Waals surface area contributed by atoms with E-state index in [1.54, 1.807) is 0 Å². The molecule has 0 aromatic heterocycles. The minimum absolute atomic E-state index is 0.104. The molecule has 0 saturated carbocycles. The van der Waals surface area contributed by atoms with Gasteiger partial charge in [-0.25, -0.2) is 0 Å². The molecular formula is C10H19NOS2. The molecule has 1 saturated heterocycles. The highest BCUT2D eigenvalue weighted by Gasteiger charge is 2.18. The molecule has 0 aromatic rings. The summed E-state index contributed by atoms with van der Waals surface area (Å²) in [5.41, 5.74) is 0. The molecule has 0 aromatic carbocycles. The highest BCUT2D eigenvalue weighted by atomic mass is 32.2. The maximum Gasteiger partial charge on any atom is 0.233 e. The Hall–Kier alpha value is 0.170. The lowest BCUT2D eigenvalue weighted by molar-refractivity contribution is -0.121. The molecule has 82 valence electrons. The van der Waals surface area contributed by atoms with E-state index in [0.717, 1.165) is 19.3 Å². The zero-order valence-corrected chi connectivity index (χ0v) is 10.4. The van der Waals surface area contributed by atoms with Crippen molar-refractivity contribution < 1.29 is 4.79 Å². The molecule has 0 radical (unpaired) electrons.